The van der Waals surface area contributed by atoms with Crippen LogP contribution in [0.4, 0.5) is 20.5 Å². The number of nitrogens with one attached hydrogen (secondary N) is 1. The molecule has 1 aromatic carbocycles. The summed E-state index contributed by atoms with van der Waals surface area (Å²) < 4.78 is 56.9. The standard InChI is InChI=1S/C9H8F2N4O3S/c1-4-13-14-9(18-4)15-19(16,17)6-3-2-5(10)8(12)7(6)11/h2-3H,12H2,1H3,(H,14,15). The predicted octanol–water partition coefficient (Wildman–Crippen LogP) is 1.04. The Labute approximate surface area is 106 Å². The highest BCUT2D eigenvalue weighted by molar-refractivity contribution is 7.92. The summed E-state index contributed by atoms with van der Waals surface area (Å²) >= 11 is 0. The summed E-state index contributed by atoms with van der Waals surface area (Å²) in [5, 5.41) is 6.79. The van der Waals surface area contributed by atoms with Gasteiger partial charge >= 0.3 is 6.01 Å². The zero-order valence-corrected chi connectivity index (χ0v) is 10.3. The lowest BCUT2D eigenvalue weighted by atomic mass is 10.3. The van der Waals surface area contributed by atoms with Crippen LogP contribution < -0.4 is 10.5 Å². The van der Waals surface area contributed by atoms with Crippen LogP contribution in [0.5, 0.6) is 0 Å². The van der Waals surface area contributed by atoms with Gasteiger partial charge in [-0.15, -0.1) is 5.10 Å². The lowest BCUT2D eigenvalue weighted by Crippen LogP contribution is -2.16. The first kappa shape index (κ1) is 13.2. The minimum absolute atomic E-state index is 0.122. The number of nitrogens with two attached hydrogens (primary N) is 1. The van der Waals surface area contributed by atoms with E-state index in [1.54, 1.807) is 0 Å². The Bertz CT molecular complexity index is 729. The lowest BCUT2D eigenvalue weighted by Gasteiger charge is -2.07. The average Bonchev–Trinajstić information content (AvgIpc) is 2.70. The molecule has 0 saturated carbocycles. The van der Waals surface area contributed by atoms with E-state index in [-0.39, 0.29) is 5.89 Å². The smallest absolute Gasteiger partial charge is 0.329 e. The van der Waals surface area contributed by atoms with Crippen molar-refractivity contribution in [2.45, 2.75) is 11.8 Å². The van der Waals surface area contributed by atoms with Gasteiger partial charge in [-0.25, -0.2) is 21.9 Å². The maximum atomic E-state index is 13.6. The highest BCUT2D eigenvalue weighted by atomic mass is 32.2. The average molecular weight is 290 g/mol. The van der Waals surface area contributed by atoms with Gasteiger partial charge in [-0.1, -0.05) is 5.10 Å². The van der Waals surface area contributed by atoms with Crippen molar-refractivity contribution < 1.29 is 21.6 Å². The summed E-state index contributed by atoms with van der Waals surface area (Å²) in [5.41, 5.74) is 4.20. The van der Waals surface area contributed by atoms with Crippen molar-refractivity contribution in [3.8, 4) is 0 Å². The number of aryl methyl sites for hydroxylation is 1. The minimum Gasteiger partial charge on any atom is -0.408 e. The number of nitrogen functional groups attached to an aromatic ring is 1. The fourth-order valence-electron chi connectivity index (χ4n) is 1.26. The number of sulfonamides is 1. The molecule has 102 valence electrons. The van der Waals surface area contributed by atoms with Crippen LogP contribution in [-0.2, 0) is 10.0 Å². The summed E-state index contributed by atoms with van der Waals surface area (Å²) in [6, 6.07) is 1.05. The number of hydrogen-bond acceptors (Lipinski definition) is 6. The Balaban J connectivity index is 2.43. The molecular weight excluding hydrogens is 282 g/mol. The van der Waals surface area contributed by atoms with E-state index in [1.807, 2.05) is 4.72 Å². The zero-order chi connectivity index (χ0) is 14.2. The third kappa shape index (κ3) is 2.47. The number of rotatable bonds is 3. The Morgan fingerprint density at radius 3 is 2.58 bits per heavy atom. The number of aromatic nitrogens is 2. The summed E-state index contributed by atoms with van der Waals surface area (Å²) in [4.78, 5) is -0.817. The van der Waals surface area contributed by atoms with Crippen molar-refractivity contribution in [3.05, 3.63) is 29.7 Å². The van der Waals surface area contributed by atoms with E-state index < -0.39 is 38.3 Å². The molecule has 2 aromatic rings. The predicted molar refractivity (Wildman–Crippen MR) is 60.6 cm³/mol. The van der Waals surface area contributed by atoms with Crippen molar-refractivity contribution >= 4 is 21.7 Å². The van der Waals surface area contributed by atoms with E-state index in [0.29, 0.717) is 0 Å². The lowest BCUT2D eigenvalue weighted by molar-refractivity contribution is 0.532. The Hall–Kier alpha value is -2.23. The molecule has 0 radical (unpaired) electrons. The number of anilines is 2. The summed E-state index contributed by atoms with van der Waals surface area (Å²) in [7, 11) is -4.34. The van der Waals surface area contributed by atoms with Gasteiger partial charge in [-0.2, -0.15) is 0 Å². The summed E-state index contributed by atoms with van der Waals surface area (Å²) in [6.45, 7) is 1.45. The fourth-order valence-corrected chi connectivity index (χ4v) is 2.28. The Morgan fingerprint density at radius 2 is 2.00 bits per heavy atom. The van der Waals surface area contributed by atoms with Crippen LogP contribution in [0.1, 0.15) is 5.89 Å². The van der Waals surface area contributed by atoms with Crippen molar-refractivity contribution in [2.24, 2.45) is 0 Å². The monoisotopic (exact) mass is 290 g/mol. The van der Waals surface area contributed by atoms with Gasteiger partial charge in [0.2, 0.25) is 5.89 Å². The molecule has 1 heterocycles. The number of nitrogens with zero attached hydrogens (tertiary/aromatic N) is 2. The summed E-state index contributed by atoms with van der Waals surface area (Å²) in [6.07, 6.45) is 0. The van der Waals surface area contributed by atoms with Crippen LogP contribution in [0.15, 0.2) is 21.4 Å². The van der Waals surface area contributed by atoms with Crippen molar-refractivity contribution in [3.63, 3.8) is 0 Å². The molecule has 0 spiro atoms. The number of halogens is 2. The zero-order valence-electron chi connectivity index (χ0n) is 9.52. The van der Waals surface area contributed by atoms with Gasteiger partial charge in [0, 0.05) is 6.92 Å². The second kappa shape index (κ2) is 4.46. The summed E-state index contributed by atoms with van der Waals surface area (Å²) in [5.74, 6) is -2.31. The normalized spacial score (nSPS) is 11.5. The fraction of sp³-hybridized carbons (Fsp3) is 0.111. The largest absolute Gasteiger partial charge is 0.408 e. The minimum atomic E-state index is -4.34. The van der Waals surface area contributed by atoms with Crippen LogP contribution in [-0.4, -0.2) is 18.6 Å². The highest BCUT2D eigenvalue weighted by Crippen LogP contribution is 2.24. The van der Waals surface area contributed by atoms with Crippen LogP contribution in [0.2, 0.25) is 0 Å². The van der Waals surface area contributed by atoms with Gasteiger partial charge in [-0.3, -0.25) is 0 Å². The van der Waals surface area contributed by atoms with E-state index in [9.17, 15) is 17.2 Å². The van der Waals surface area contributed by atoms with Gasteiger partial charge in [-0.05, 0) is 12.1 Å². The first-order valence-corrected chi connectivity index (χ1v) is 6.36. The number of hydrogen-bond donors (Lipinski definition) is 2. The molecule has 0 aliphatic heterocycles. The molecule has 3 N–H and O–H groups in total. The second-order valence-corrected chi connectivity index (χ2v) is 5.16. The molecule has 7 nitrogen and oxygen atoms in total. The maximum absolute atomic E-state index is 13.6. The topological polar surface area (TPSA) is 111 Å². The molecule has 1 aromatic heterocycles. The van der Waals surface area contributed by atoms with Crippen LogP contribution in [0.25, 0.3) is 0 Å². The molecule has 10 heteroatoms. The molecule has 19 heavy (non-hydrogen) atoms. The number of benzene rings is 1. The molecule has 0 bridgehead atoms. The van der Waals surface area contributed by atoms with E-state index in [4.69, 9.17) is 10.2 Å². The van der Waals surface area contributed by atoms with Crippen LogP contribution >= 0.6 is 0 Å². The van der Waals surface area contributed by atoms with E-state index in [0.717, 1.165) is 12.1 Å². The van der Waals surface area contributed by atoms with Gasteiger partial charge in [0.05, 0.1) is 0 Å². The molecule has 0 saturated heterocycles. The SMILES string of the molecule is Cc1nnc(NS(=O)(=O)c2ccc(F)c(N)c2F)o1. The van der Waals surface area contributed by atoms with Crippen LogP contribution in [0.3, 0.4) is 0 Å². The molecule has 0 atom stereocenters. The van der Waals surface area contributed by atoms with Gasteiger partial charge < -0.3 is 10.2 Å². The van der Waals surface area contributed by atoms with Crippen molar-refractivity contribution in [1.29, 1.82) is 0 Å². The van der Waals surface area contributed by atoms with E-state index >= 15 is 0 Å². The van der Waals surface area contributed by atoms with Crippen molar-refractivity contribution in [2.75, 3.05) is 10.5 Å². The third-order valence-corrected chi connectivity index (χ3v) is 3.47. The van der Waals surface area contributed by atoms with E-state index in [2.05, 4.69) is 10.2 Å². The molecule has 0 amide bonds. The second-order valence-electron chi connectivity index (χ2n) is 3.50. The Morgan fingerprint density at radius 1 is 1.32 bits per heavy atom. The van der Waals surface area contributed by atoms with Gasteiger partial charge in [0.1, 0.15) is 16.4 Å². The molecule has 0 fully saturated rings. The quantitative estimate of drug-likeness (QED) is 0.817. The van der Waals surface area contributed by atoms with E-state index in [1.165, 1.54) is 6.92 Å². The van der Waals surface area contributed by atoms with Gasteiger partial charge in [0.15, 0.2) is 5.82 Å². The van der Waals surface area contributed by atoms with Gasteiger partial charge in [0.25, 0.3) is 10.0 Å². The first-order valence-electron chi connectivity index (χ1n) is 4.87. The molecular formula is C9H8F2N4O3S. The highest BCUT2D eigenvalue weighted by Gasteiger charge is 2.24. The maximum Gasteiger partial charge on any atom is 0.329 e. The molecule has 0 unspecified atom stereocenters. The van der Waals surface area contributed by atoms with Crippen LogP contribution in [0, 0.1) is 18.6 Å². The molecule has 0 aliphatic carbocycles. The molecule has 0 aliphatic rings. The Kier molecular flexibility index (Phi) is 3.10. The first-order chi connectivity index (χ1) is 8.81. The van der Waals surface area contributed by atoms with Crippen molar-refractivity contribution in [1.82, 2.24) is 10.2 Å². The third-order valence-electron chi connectivity index (χ3n) is 2.13. The molecule has 2 rings (SSSR count).